The zero-order valence-corrected chi connectivity index (χ0v) is 24.6. The van der Waals surface area contributed by atoms with Gasteiger partial charge in [0.2, 0.25) is 0 Å². The predicted octanol–water partition coefficient (Wildman–Crippen LogP) is 9.61. The van der Waals surface area contributed by atoms with Crippen LogP contribution in [0, 0.1) is 0 Å². The van der Waals surface area contributed by atoms with Crippen molar-refractivity contribution in [3.63, 3.8) is 0 Å². The molecule has 3 heterocycles. The summed E-state index contributed by atoms with van der Waals surface area (Å²) in [7, 11) is 2.15. The number of hydrogen-bond acceptors (Lipinski definition) is 3. The minimum Gasteiger partial charge on any atom is -0.344 e. The molecule has 0 spiro atoms. The largest absolute Gasteiger partial charge is 0.344 e. The molecule has 0 saturated carbocycles. The fourth-order valence-electron chi connectivity index (χ4n) is 6.76. The molecule has 5 heteroatoms. The van der Waals surface area contributed by atoms with Gasteiger partial charge in [-0.1, -0.05) is 109 Å². The van der Waals surface area contributed by atoms with E-state index in [-0.39, 0.29) is 0 Å². The minimum absolute atomic E-state index is 0.635. The number of hydrogen-bond donors (Lipinski definition) is 0. The Bertz CT molecular complexity index is 2490. The summed E-state index contributed by atoms with van der Waals surface area (Å²) in [5.74, 6) is 1.93. The van der Waals surface area contributed by atoms with Crippen molar-refractivity contribution in [2.45, 2.75) is 0 Å². The summed E-state index contributed by atoms with van der Waals surface area (Å²) in [5.41, 5.74) is 8.59. The minimum atomic E-state index is 0.635. The van der Waals surface area contributed by atoms with Crippen molar-refractivity contribution >= 4 is 43.6 Å². The van der Waals surface area contributed by atoms with E-state index in [0.29, 0.717) is 17.5 Å². The Kier molecular flexibility index (Phi) is 5.65. The molecular weight excluding hydrogens is 550 g/mol. The average Bonchev–Trinajstić information content (AvgIpc) is 3.60. The lowest BCUT2D eigenvalue weighted by Crippen LogP contribution is -2.03. The topological polar surface area (TPSA) is 48.5 Å². The summed E-state index contributed by atoms with van der Waals surface area (Å²) in [6.45, 7) is 0. The van der Waals surface area contributed by atoms with Gasteiger partial charge in [0, 0.05) is 56.3 Å². The van der Waals surface area contributed by atoms with Crippen LogP contribution in [0.5, 0.6) is 0 Å². The van der Waals surface area contributed by atoms with Crippen molar-refractivity contribution in [3.8, 4) is 39.9 Å². The first-order valence-electron chi connectivity index (χ1n) is 15.1. The third-order valence-electron chi connectivity index (χ3n) is 8.80. The van der Waals surface area contributed by atoms with Crippen molar-refractivity contribution < 1.29 is 0 Å². The van der Waals surface area contributed by atoms with Crippen LogP contribution in [0.2, 0.25) is 0 Å². The monoisotopic (exact) mass is 577 g/mol. The molecule has 0 saturated heterocycles. The van der Waals surface area contributed by atoms with Crippen LogP contribution >= 0.6 is 0 Å². The SMILES string of the molecule is Cn1c2ccccc2c2c3c4ccccc4n(-c4ccccc4-c4nc(-c5ccccc5)nc(-c5ccccc5)n4)c3ccc21. The van der Waals surface area contributed by atoms with Crippen LogP contribution in [0.15, 0.2) is 146 Å². The summed E-state index contributed by atoms with van der Waals surface area (Å²) in [6.07, 6.45) is 0. The number of fused-ring (bicyclic) bond motifs is 7. The highest BCUT2D eigenvalue weighted by Gasteiger charge is 2.21. The maximum absolute atomic E-state index is 5.09. The fraction of sp³-hybridized carbons (Fsp3) is 0.0250. The van der Waals surface area contributed by atoms with Crippen molar-refractivity contribution in [2.75, 3.05) is 0 Å². The highest BCUT2D eigenvalue weighted by atomic mass is 15.1. The molecule has 9 rings (SSSR count). The van der Waals surface area contributed by atoms with Gasteiger partial charge in [0.1, 0.15) is 0 Å². The first-order chi connectivity index (χ1) is 22.3. The molecule has 0 aliphatic rings. The molecule has 0 fully saturated rings. The number of benzene rings is 6. The fourth-order valence-corrected chi connectivity index (χ4v) is 6.76. The zero-order chi connectivity index (χ0) is 29.9. The first kappa shape index (κ1) is 25.4. The molecule has 0 unspecified atom stereocenters. The van der Waals surface area contributed by atoms with Crippen LogP contribution in [0.4, 0.5) is 0 Å². The molecule has 0 atom stereocenters. The number of rotatable bonds is 4. The molecule has 0 bridgehead atoms. The Balaban J connectivity index is 1.36. The van der Waals surface area contributed by atoms with Gasteiger partial charge in [0.05, 0.1) is 16.7 Å². The summed E-state index contributed by atoms with van der Waals surface area (Å²) in [5, 5.41) is 5.00. The molecule has 5 nitrogen and oxygen atoms in total. The van der Waals surface area contributed by atoms with E-state index in [4.69, 9.17) is 15.0 Å². The second kappa shape index (κ2) is 10.00. The van der Waals surface area contributed by atoms with Gasteiger partial charge in [-0.05, 0) is 36.4 Å². The third-order valence-corrected chi connectivity index (χ3v) is 8.80. The van der Waals surface area contributed by atoms with Gasteiger partial charge in [-0.2, -0.15) is 0 Å². The van der Waals surface area contributed by atoms with Crippen LogP contribution in [-0.2, 0) is 7.05 Å². The zero-order valence-electron chi connectivity index (χ0n) is 24.6. The lowest BCUT2D eigenvalue weighted by molar-refractivity contribution is 1.01. The molecule has 0 N–H and O–H groups in total. The molecule has 9 aromatic rings. The van der Waals surface area contributed by atoms with Gasteiger partial charge in [-0.15, -0.1) is 0 Å². The van der Waals surface area contributed by atoms with Gasteiger partial charge in [0.25, 0.3) is 0 Å². The quantitative estimate of drug-likeness (QED) is 0.209. The van der Waals surface area contributed by atoms with E-state index in [1.165, 1.54) is 32.6 Å². The third kappa shape index (κ3) is 3.91. The van der Waals surface area contributed by atoms with Gasteiger partial charge < -0.3 is 9.13 Å². The maximum Gasteiger partial charge on any atom is 0.166 e. The summed E-state index contributed by atoms with van der Waals surface area (Å²) >= 11 is 0. The molecule has 0 amide bonds. The number of para-hydroxylation sites is 3. The van der Waals surface area contributed by atoms with E-state index in [2.05, 4.69) is 101 Å². The van der Waals surface area contributed by atoms with Crippen LogP contribution in [-0.4, -0.2) is 24.1 Å². The van der Waals surface area contributed by atoms with Gasteiger partial charge in [0.15, 0.2) is 17.5 Å². The van der Waals surface area contributed by atoms with E-state index < -0.39 is 0 Å². The highest BCUT2D eigenvalue weighted by Crippen LogP contribution is 2.42. The molecule has 0 radical (unpaired) electrons. The van der Waals surface area contributed by atoms with Crippen molar-refractivity contribution in [1.29, 1.82) is 0 Å². The van der Waals surface area contributed by atoms with Gasteiger partial charge in [-0.3, -0.25) is 0 Å². The van der Waals surface area contributed by atoms with E-state index in [1.807, 2.05) is 60.7 Å². The van der Waals surface area contributed by atoms with E-state index >= 15 is 0 Å². The van der Waals surface area contributed by atoms with Crippen molar-refractivity contribution in [1.82, 2.24) is 24.1 Å². The molecular formula is C40H27N5. The lowest BCUT2D eigenvalue weighted by atomic mass is 10.1. The maximum atomic E-state index is 5.09. The second-order valence-electron chi connectivity index (χ2n) is 11.3. The smallest absolute Gasteiger partial charge is 0.166 e. The Morgan fingerprint density at radius 1 is 0.400 bits per heavy atom. The highest BCUT2D eigenvalue weighted by molar-refractivity contribution is 6.28. The molecule has 0 aliphatic heterocycles. The Hall–Kier alpha value is -6.07. The Labute approximate surface area is 259 Å². The van der Waals surface area contributed by atoms with Crippen molar-refractivity contribution in [3.05, 3.63) is 146 Å². The normalized spacial score (nSPS) is 11.7. The van der Waals surface area contributed by atoms with Gasteiger partial charge in [-0.25, -0.2) is 15.0 Å². The summed E-state index contributed by atoms with van der Waals surface area (Å²) < 4.78 is 4.67. The Morgan fingerprint density at radius 3 is 1.58 bits per heavy atom. The standard InChI is InChI=1S/C40H27N5/c1-44-31-21-11-8-18-28(31)36-34(44)24-25-35-37(36)29-19-9-12-22-32(29)45(35)33-23-13-10-20-30(33)40-42-38(26-14-4-2-5-15-26)41-39(43-40)27-16-6-3-7-17-27/h2-25H,1H3. The van der Waals surface area contributed by atoms with Crippen LogP contribution in [0.3, 0.4) is 0 Å². The number of aryl methyl sites for hydroxylation is 1. The predicted molar refractivity (Wildman–Crippen MR) is 184 cm³/mol. The molecule has 45 heavy (non-hydrogen) atoms. The lowest BCUT2D eigenvalue weighted by Gasteiger charge is -2.14. The van der Waals surface area contributed by atoms with E-state index in [1.54, 1.807) is 0 Å². The van der Waals surface area contributed by atoms with E-state index in [9.17, 15) is 0 Å². The average molecular weight is 578 g/mol. The molecule has 3 aromatic heterocycles. The number of nitrogens with zero attached hydrogens (tertiary/aromatic N) is 5. The summed E-state index contributed by atoms with van der Waals surface area (Å²) in [6, 6.07) is 50.6. The van der Waals surface area contributed by atoms with Crippen LogP contribution in [0.1, 0.15) is 0 Å². The van der Waals surface area contributed by atoms with Gasteiger partial charge >= 0.3 is 0 Å². The first-order valence-corrected chi connectivity index (χ1v) is 15.1. The number of aromatic nitrogens is 5. The van der Waals surface area contributed by atoms with Crippen molar-refractivity contribution in [2.24, 2.45) is 7.05 Å². The molecule has 0 aliphatic carbocycles. The summed E-state index contributed by atoms with van der Waals surface area (Å²) in [4.78, 5) is 15.1. The Morgan fingerprint density at radius 2 is 0.889 bits per heavy atom. The molecule has 6 aromatic carbocycles. The van der Waals surface area contributed by atoms with E-state index in [0.717, 1.165) is 33.4 Å². The van der Waals surface area contributed by atoms with Crippen LogP contribution < -0.4 is 0 Å². The van der Waals surface area contributed by atoms with Crippen LogP contribution in [0.25, 0.3) is 83.5 Å². The second-order valence-corrected chi connectivity index (χ2v) is 11.3. The molecule has 212 valence electrons.